The van der Waals surface area contributed by atoms with Crippen LogP contribution in [0, 0.1) is 3.57 Å². The molecule has 0 radical (unpaired) electrons. The van der Waals surface area contributed by atoms with E-state index in [1.165, 1.54) is 21.2 Å². The topological polar surface area (TPSA) is 15.3 Å². The van der Waals surface area contributed by atoms with E-state index in [1.807, 2.05) is 0 Å². The van der Waals surface area contributed by atoms with E-state index in [1.54, 1.807) is 0 Å². The average molecular weight is 392 g/mol. The molecule has 1 fully saturated rings. The smallest absolute Gasteiger partial charge is 0.0583 e. The van der Waals surface area contributed by atoms with Gasteiger partial charge in [0, 0.05) is 22.3 Å². The molecule has 0 saturated carbocycles. The summed E-state index contributed by atoms with van der Waals surface area (Å²) in [5.41, 5.74) is 2.68. The van der Waals surface area contributed by atoms with Crippen LogP contribution in [0.1, 0.15) is 18.9 Å². The zero-order valence-electron chi connectivity index (χ0n) is 12.3. The Bertz CT molecular complexity index is 582. The summed E-state index contributed by atoms with van der Waals surface area (Å²) in [6.07, 6.45) is 1.18. The first kappa shape index (κ1) is 14.9. The van der Waals surface area contributed by atoms with E-state index in [0.717, 1.165) is 19.6 Å². The molecule has 0 spiro atoms. The van der Waals surface area contributed by atoms with E-state index < -0.39 is 0 Å². The third kappa shape index (κ3) is 3.40. The summed E-state index contributed by atoms with van der Waals surface area (Å²) in [7, 11) is 0. The van der Waals surface area contributed by atoms with Crippen LogP contribution in [0.4, 0.5) is 5.69 Å². The van der Waals surface area contributed by atoms with Gasteiger partial charge >= 0.3 is 0 Å². The molecule has 2 aromatic rings. The molecule has 2 nitrogen and oxygen atoms in total. The van der Waals surface area contributed by atoms with Crippen LogP contribution in [0.2, 0.25) is 0 Å². The van der Waals surface area contributed by atoms with Gasteiger partial charge in [-0.1, -0.05) is 30.3 Å². The monoisotopic (exact) mass is 392 g/mol. The second-order valence-corrected chi connectivity index (χ2v) is 7.12. The van der Waals surface area contributed by atoms with Crippen LogP contribution in [0.25, 0.3) is 0 Å². The molecule has 1 saturated heterocycles. The molecule has 1 heterocycles. The summed E-state index contributed by atoms with van der Waals surface area (Å²) >= 11 is 2.36. The minimum absolute atomic E-state index is 0.000750. The number of halogens is 1. The molecule has 110 valence electrons. The van der Waals surface area contributed by atoms with Crippen molar-refractivity contribution in [3.05, 3.63) is 63.7 Å². The summed E-state index contributed by atoms with van der Waals surface area (Å²) < 4.78 is 1.29. The zero-order valence-corrected chi connectivity index (χ0v) is 14.5. The van der Waals surface area contributed by atoms with Gasteiger partial charge in [-0.2, -0.15) is 0 Å². The molecule has 3 rings (SSSR count). The van der Waals surface area contributed by atoms with Gasteiger partial charge in [-0.05, 0) is 72.3 Å². The van der Waals surface area contributed by atoms with E-state index in [0.29, 0.717) is 0 Å². The first-order valence-electron chi connectivity index (χ1n) is 7.48. The molecule has 21 heavy (non-hydrogen) atoms. The quantitative estimate of drug-likeness (QED) is 0.778. The summed E-state index contributed by atoms with van der Waals surface area (Å²) in [5.74, 6) is 0. The van der Waals surface area contributed by atoms with Crippen LogP contribution in [-0.2, 0) is 5.54 Å². The van der Waals surface area contributed by atoms with Crippen LogP contribution in [0.5, 0.6) is 0 Å². The van der Waals surface area contributed by atoms with Crippen LogP contribution in [-0.4, -0.2) is 19.6 Å². The number of nitrogens with one attached hydrogen (secondary N) is 1. The van der Waals surface area contributed by atoms with E-state index in [9.17, 15) is 0 Å². The molecule has 0 aliphatic carbocycles. The lowest BCUT2D eigenvalue weighted by Crippen LogP contribution is -2.46. The molecular weight excluding hydrogens is 371 g/mol. The van der Waals surface area contributed by atoms with Crippen molar-refractivity contribution in [2.24, 2.45) is 0 Å². The van der Waals surface area contributed by atoms with Crippen molar-refractivity contribution < 1.29 is 0 Å². The summed E-state index contributed by atoms with van der Waals surface area (Å²) in [6, 6.07) is 19.6. The number of benzene rings is 2. The van der Waals surface area contributed by atoms with Crippen molar-refractivity contribution in [3.8, 4) is 0 Å². The molecule has 1 aliphatic heterocycles. The second kappa shape index (κ2) is 6.36. The fourth-order valence-corrected chi connectivity index (χ4v) is 3.38. The van der Waals surface area contributed by atoms with Gasteiger partial charge in [0.05, 0.1) is 5.54 Å². The lowest BCUT2D eigenvalue weighted by Gasteiger charge is -2.35. The predicted octanol–water partition coefficient (Wildman–Crippen LogP) is 4.01. The Labute approximate surface area is 140 Å². The maximum absolute atomic E-state index is 3.74. The Kier molecular flexibility index (Phi) is 4.50. The Morgan fingerprint density at radius 3 is 2.48 bits per heavy atom. The van der Waals surface area contributed by atoms with Crippen molar-refractivity contribution >= 4 is 28.3 Å². The predicted molar refractivity (Wildman–Crippen MR) is 97.8 cm³/mol. The van der Waals surface area contributed by atoms with Gasteiger partial charge in [0.25, 0.3) is 0 Å². The highest BCUT2D eigenvalue weighted by Crippen LogP contribution is 2.27. The van der Waals surface area contributed by atoms with Crippen molar-refractivity contribution in [1.82, 2.24) is 5.32 Å². The minimum Gasteiger partial charge on any atom is -0.369 e. The molecular formula is C18H21IN2. The number of hydrogen-bond acceptors (Lipinski definition) is 2. The first-order chi connectivity index (χ1) is 10.2. The summed E-state index contributed by atoms with van der Waals surface area (Å²) in [5, 5.41) is 3.74. The molecule has 1 unspecified atom stereocenters. The fraction of sp³-hybridized carbons (Fsp3) is 0.333. The van der Waals surface area contributed by atoms with Crippen molar-refractivity contribution in [2.75, 3.05) is 24.5 Å². The lowest BCUT2D eigenvalue weighted by molar-refractivity contribution is 0.392. The zero-order chi connectivity index (χ0) is 14.7. The van der Waals surface area contributed by atoms with E-state index in [-0.39, 0.29) is 5.54 Å². The molecule has 1 N–H and O–H groups in total. The van der Waals surface area contributed by atoms with Gasteiger partial charge in [-0.3, -0.25) is 0 Å². The Hall–Kier alpha value is -1.07. The fourth-order valence-electron chi connectivity index (χ4n) is 3.02. The molecule has 1 atom stereocenters. The van der Waals surface area contributed by atoms with E-state index >= 15 is 0 Å². The van der Waals surface area contributed by atoms with Gasteiger partial charge < -0.3 is 10.2 Å². The Balaban J connectivity index is 1.88. The highest BCUT2D eigenvalue weighted by atomic mass is 127. The largest absolute Gasteiger partial charge is 0.369 e. The number of nitrogens with zero attached hydrogens (tertiary/aromatic N) is 1. The molecule has 0 bridgehead atoms. The van der Waals surface area contributed by atoms with Gasteiger partial charge in [0.1, 0.15) is 0 Å². The summed E-state index contributed by atoms with van der Waals surface area (Å²) in [4.78, 5) is 2.50. The van der Waals surface area contributed by atoms with E-state index in [4.69, 9.17) is 0 Å². The van der Waals surface area contributed by atoms with Crippen molar-refractivity contribution in [3.63, 3.8) is 0 Å². The van der Waals surface area contributed by atoms with Crippen molar-refractivity contribution in [1.29, 1.82) is 0 Å². The van der Waals surface area contributed by atoms with E-state index in [2.05, 4.69) is 94.3 Å². The molecule has 0 amide bonds. The summed E-state index contributed by atoms with van der Waals surface area (Å²) in [6.45, 7) is 5.48. The lowest BCUT2D eigenvalue weighted by atomic mass is 9.91. The minimum atomic E-state index is 0.000750. The van der Waals surface area contributed by atoms with Gasteiger partial charge in [-0.25, -0.2) is 0 Å². The van der Waals surface area contributed by atoms with Crippen LogP contribution in [0.15, 0.2) is 54.6 Å². The highest BCUT2D eigenvalue weighted by molar-refractivity contribution is 14.1. The molecule has 1 aliphatic rings. The van der Waals surface area contributed by atoms with Crippen LogP contribution >= 0.6 is 22.6 Å². The maximum atomic E-state index is 3.74. The van der Waals surface area contributed by atoms with Gasteiger partial charge in [0.2, 0.25) is 0 Å². The standard InChI is InChI=1S/C18H21IN2/c1-18(15-6-3-2-4-7-15)14-21(13-5-12-20-18)17-10-8-16(19)9-11-17/h2-4,6-11,20H,5,12-14H2,1H3. The van der Waals surface area contributed by atoms with Crippen LogP contribution < -0.4 is 10.2 Å². The van der Waals surface area contributed by atoms with Gasteiger partial charge in [-0.15, -0.1) is 0 Å². The first-order valence-corrected chi connectivity index (χ1v) is 8.56. The Morgan fingerprint density at radius 1 is 1.05 bits per heavy atom. The third-order valence-corrected chi connectivity index (χ3v) is 4.95. The number of anilines is 1. The molecule has 3 heteroatoms. The molecule has 0 aromatic heterocycles. The maximum Gasteiger partial charge on any atom is 0.0583 e. The van der Waals surface area contributed by atoms with Crippen molar-refractivity contribution in [2.45, 2.75) is 18.9 Å². The molecule has 2 aromatic carbocycles. The van der Waals surface area contributed by atoms with Gasteiger partial charge in [0.15, 0.2) is 0 Å². The normalized spacial score (nSPS) is 22.9. The van der Waals surface area contributed by atoms with Crippen LogP contribution in [0.3, 0.4) is 0 Å². The second-order valence-electron chi connectivity index (χ2n) is 5.88. The highest BCUT2D eigenvalue weighted by Gasteiger charge is 2.30. The number of rotatable bonds is 2. The number of hydrogen-bond donors (Lipinski definition) is 1. The SMILES string of the molecule is CC1(c2ccccc2)CN(c2ccc(I)cc2)CCCN1. The average Bonchev–Trinajstić information content (AvgIpc) is 2.72. The third-order valence-electron chi connectivity index (χ3n) is 4.23. The Morgan fingerprint density at radius 2 is 1.76 bits per heavy atom.